The van der Waals surface area contributed by atoms with Crippen LogP contribution < -0.4 is 34.6 Å². The summed E-state index contributed by atoms with van der Waals surface area (Å²) in [6.07, 6.45) is -2.73. The number of morpholine rings is 1. The Morgan fingerprint density at radius 3 is 2.45 bits per heavy atom. The maximum Gasteiger partial charge on any atom is 1.00 e. The third-order valence-corrected chi connectivity index (χ3v) is 3.01. The third-order valence-electron chi connectivity index (χ3n) is 3.01. The topological polar surface area (TPSA) is 78.6 Å². The van der Waals surface area contributed by atoms with Gasteiger partial charge in [-0.3, -0.25) is 0 Å². The molecule has 1 aliphatic heterocycles. The van der Waals surface area contributed by atoms with Gasteiger partial charge in [-0.25, -0.2) is 8.78 Å². The van der Waals surface area contributed by atoms with Crippen LogP contribution in [-0.2, 0) is 4.74 Å². The van der Waals surface area contributed by atoms with E-state index in [1.807, 2.05) is 0 Å². The summed E-state index contributed by atoms with van der Waals surface area (Å²) in [4.78, 5) is 12.6. The summed E-state index contributed by atoms with van der Waals surface area (Å²) in [5.74, 6) is -1.48. The van der Waals surface area contributed by atoms with Crippen molar-refractivity contribution in [2.75, 3.05) is 36.9 Å². The molecule has 0 bridgehead atoms. The van der Waals surface area contributed by atoms with Gasteiger partial charge >= 0.3 is 18.9 Å². The Labute approximate surface area is 126 Å². The quantitative estimate of drug-likeness (QED) is 0.485. The monoisotopic (exact) mass is 278 g/mol. The van der Waals surface area contributed by atoms with Crippen LogP contribution in [-0.4, -0.2) is 32.3 Å². The fourth-order valence-corrected chi connectivity index (χ4v) is 2.05. The van der Waals surface area contributed by atoms with Crippen molar-refractivity contribution in [1.82, 2.24) is 0 Å². The minimum absolute atomic E-state index is 0. The van der Waals surface area contributed by atoms with Crippen molar-refractivity contribution in [2.45, 2.75) is 6.43 Å². The van der Waals surface area contributed by atoms with Gasteiger partial charge in [-0.15, -0.1) is 0 Å². The summed E-state index contributed by atoms with van der Waals surface area (Å²) in [5, 5.41) is 10.9. The number of carbonyl (C=O) groups is 1. The van der Waals surface area contributed by atoms with Crippen molar-refractivity contribution in [3.8, 4) is 0 Å². The van der Waals surface area contributed by atoms with E-state index in [-0.39, 0.29) is 41.4 Å². The Kier molecular flexibility index (Phi) is 5.81. The molecule has 1 aromatic rings. The molecule has 0 unspecified atom stereocenters. The third kappa shape index (κ3) is 3.42. The largest absolute Gasteiger partial charge is 1.00 e. The molecule has 0 aromatic heterocycles. The van der Waals surface area contributed by atoms with E-state index in [9.17, 15) is 18.7 Å². The summed E-state index contributed by atoms with van der Waals surface area (Å²) in [7, 11) is 0. The maximum atomic E-state index is 13.0. The van der Waals surface area contributed by atoms with Crippen LogP contribution in [0.4, 0.5) is 20.2 Å². The van der Waals surface area contributed by atoms with Gasteiger partial charge in [-0.1, -0.05) is 0 Å². The van der Waals surface area contributed by atoms with E-state index >= 15 is 0 Å². The van der Waals surface area contributed by atoms with Crippen LogP contribution in [0.2, 0.25) is 0 Å². The molecule has 1 heterocycles. The normalized spacial score (nSPS) is 15.1. The first-order valence-electron chi connectivity index (χ1n) is 5.76. The molecule has 0 saturated carbocycles. The van der Waals surface area contributed by atoms with Crippen molar-refractivity contribution in [1.29, 1.82) is 0 Å². The second-order valence-electron chi connectivity index (χ2n) is 4.19. The summed E-state index contributed by atoms with van der Waals surface area (Å²) < 4.78 is 31.2. The van der Waals surface area contributed by atoms with E-state index in [0.29, 0.717) is 26.3 Å². The van der Waals surface area contributed by atoms with E-state index in [1.54, 1.807) is 4.90 Å². The molecule has 0 spiro atoms. The zero-order valence-electron chi connectivity index (χ0n) is 11.1. The number of rotatable bonds is 3. The van der Waals surface area contributed by atoms with Crippen LogP contribution in [0.1, 0.15) is 22.3 Å². The Bertz CT molecular complexity index is 494. The van der Waals surface area contributed by atoms with Gasteiger partial charge < -0.3 is 25.3 Å². The van der Waals surface area contributed by atoms with Gasteiger partial charge in [0.1, 0.15) is 0 Å². The molecular formula is C12H13F2LiN2O3. The minimum Gasteiger partial charge on any atom is -0.545 e. The molecule has 1 saturated heterocycles. The fraction of sp³-hybridized carbons (Fsp3) is 0.417. The van der Waals surface area contributed by atoms with Crippen molar-refractivity contribution in [2.24, 2.45) is 0 Å². The first-order chi connectivity index (χ1) is 9.00. The zero-order valence-corrected chi connectivity index (χ0v) is 11.1. The molecule has 2 N–H and O–H groups in total. The summed E-state index contributed by atoms with van der Waals surface area (Å²) >= 11 is 0. The molecule has 0 amide bonds. The van der Waals surface area contributed by atoms with Gasteiger partial charge in [0.15, 0.2) is 0 Å². The molecule has 0 aliphatic carbocycles. The van der Waals surface area contributed by atoms with E-state index in [0.717, 1.165) is 12.1 Å². The van der Waals surface area contributed by atoms with Gasteiger partial charge in [0.25, 0.3) is 6.43 Å². The average molecular weight is 278 g/mol. The molecule has 1 fully saturated rings. The number of nitrogens with zero attached hydrogens (tertiary/aromatic N) is 1. The van der Waals surface area contributed by atoms with Gasteiger partial charge in [-0.2, -0.15) is 0 Å². The van der Waals surface area contributed by atoms with Gasteiger partial charge in [0.05, 0.1) is 19.2 Å². The number of nitrogens with two attached hydrogens (primary N) is 1. The van der Waals surface area contributed by atoms with E-state index in [1.165, 1.54) is 0 Å². The molecular weight excluding hydrogens is 265 g/mol. The number of benzene rings is 1. The number of ether oxygens (including phenoxy) is 1. The number of aromatic carboxylic acids is 1. The summed E-state index contributed by atoms with van der Waals surface area (Å²) in [6.45, 7) is 1.67. The van der Waals surface area contributed by atoms with E-state index < -0.39 is 12.4 Å². The van der Waals surface area contributed by atoms with E-state index in [4.69, 9.17) is 10.5 Å². The number of carbonyl (C=O) groups excluding carboxylic acids is 1. The number of halogens is 2. The van der Waals surface area contributed by atoms with Crippen molar-refractivity contribution in [3.63, 3.8) is 0 Å². The van der Waals surface area contributed by atoms with Crippen LogP contribution in [0.3, 0.4) is 0 Å². The van der Waals surface area contributed by atoms with Crippen LogP contribution >= 0.6 is 0 Å². The number of hydrogen-bond acceptors (Lipinski definition) is 5. The van der Waals surface area contributed by atoms with Crippen LogP contribution in [0.15, 0.2) is 12.1 Å². The Hall–Kier alpha value is -1.29. The van der Waals surface area contributed by atoms with Gasteiger partial charge in [0, 0.05) is 35.6 Å². The number of anilines is 2. The molecule has 5 nitrogen and oxygen atoms in total. The van der Waals surface area contributed by atoms with Gasteiger partial charge in [-0.05, 0) is 12.1 Å². The number of hydrogen-bond donors (Lipinski definition) is 1. The molecule has 20 heavy (non-hydrogen) atoms. The van der Waals surface area contributed by atoms with Crippen LogP contribution in [0, 0.1) is 0 Å². The Morgan fingerprint density at radius 1 is 1.35 bits per heavy atom. The first kappa shape index (κ1) is 16.8. The number of carboxylic acid groups (broad SMARTS) is 1. The maximum absolute atomic E-state index is 13.0. The Morgan fingerprint density at radius 2 is 1.95 bits per heavy atom. The molecule has 1 aliphatic rings. The van der Waals surface area contributed by atoms with Gasteiger partial charge in [0.2, 0.25) is 0 Å². The smallest absolute Gasteiger partial charge is 0.545 e. The van der Waals surface area contributed by atoms with E-state index in [2.05, 4.69) is 0 Å². The second kappa shape index (κ2) is 6.93. The zero-order chi connectivity index (χ0) is 14.0. The number of nitrogen functional groups attached to an aromatic ring is 1. The van der Waals surface area contributed by atoms with Crippen molar-refractivity contribution in [3.05, 3.63) is 23.3 Å². The molecule has 8 heteroatoms. The van der Waals surface area contributed by atoms with Crippen LogP contribution in [0.5, 0.6) is 0 Å². The molecule has 1 aromatic carbocycles. The SMILES string of the molecule is Nc1cc(C(F)F)c(N2CCOCC2)cc1C(=O)[O-].[Li+]. The standard InChI is InChI=1S/C12H14F2N2O3.Li/c13-11(14)8-5-9(15)7(12(17)18)6-10(8)16-1-3-19-4-2-16;/h5-6,11H,1-4,15H2,(H,17,18);/q;+1/p-1. The van der Waals surface area contributed by atoms with Crippen molar-refractivity contribution < 1.29 is 42.3 Å². The predicted molar refractivity (Wildman–Crippen MR) is 63.2 cm³/mol. The van der Waals surface area contributed by atoms with Crippen molar-refractivity contribution >= 4 is 17.3 Å². The Balaban J connectivity index is 0.00000200. The molecule has 0 atom stereocenters. The fourth-order valence-electron chi connectivity index (χ4n) is 2.05. The molecule has 2 rings (SSSR count). The first-order valence-corrected chi connectivity index (χ1v) is 5.76. The summed E-state index contributed by atoms with van der Waals surface area (Å²) in [6, 6.07) is 2.15. The minimum atomic E-state index is -2.73. The van der Waals surface area contributed by atoms with Crippen LogP contribution in [0.25, 0.3) is 0 Å². The number of carboxylic acids is 1. The predicted octanol–water partition coefficient (Wildman–Crippen LogP) is -2.59. The summed E-state index contributed by atoms with van der Waals surface area (Å²) in [5.41, 5.74) is 4.87. The number of alkyl halides is 2. The molecule has 0 radical (unpaired) electrons. The second-order valence-corrected chi connectivity index (χ2v) is 4.19. The molecule has 104 valence electrons. The average Bonchev–Trinajstić information content (AvgIpc) is 2.38.